The van der Waals surface area contributed by atoms with Gasteiger partial charge < -0.3 is 14.7 Å². The highest BCUT2D eigenvalue weighted by Gasteiger charge is 2.40. The summed E-state index contributed by atoms with van der Waals surface area (Å²) in [7, 11) is 0. The Bertz CT molecular complexity index is 1380. The molecule has 5 rings (SSSR count). The van der Waals surface area contributed by atoms with Crippen LogP contribution in [-0.2, 0) is 0 Å². The van der Waals surface area contributed by atoms with Gasteiger partial charge in [0.15, 0.2) is 23.0 Å². The number of aromatic nitrogens is 2. The first-order chi connectivity index (χ1) is 16.9. The van der Waals surface area contributed by atoms with E-state index in [2.05, 4.69) is 4.98 Å². The van der Waals surface area contributed by atoms with Crippen molar-refractivity contribution in [2.75, 3.05) is 18.3 Å². The lowest BCUT2D eigenvalue weighted by Crippen LogP contribution is -2.57. The number of hydrogen-bond donors (Lipinski definition) is 1. The first-order valence-electron chi connectivity index (χ1n) is 11.1. The second-order valence-corrected chi connectivity index (χ2v) is 8.23. The average molecular weight is 480 g/mol. The highest BCUT2D eigenvalue weighted by molar-refractivity contribution is 5.96. The monoisotopic (exact) mass is 480 g/mol. The van der Waals surface area contributed by atoms with Gasteiger partial charge in [0.05, 0.1) is 11.7 Å². The zero-order chi connectivity index (χ0) is 24.7. The van der Waals surface area contributed by atoms with Gasteiger partial charge in [-0.2, -0.15) is 4.39 Å². The molecule has 0 aliphatic carbocycles. The first kappa shape index (κ1) is 22.6. The van der Waals surface area contributed by atoms with E-state index in [1.165, 1.54) is 21.8 Å². The molecule has 0 fully saturated rings. The van der Waals surface area contributed by atoms with Crippen LogP contribution in [0.25, 0.3) is 0 Å². The summed E-state index contributed by atoms with van der Waals surface area (Å²) in [6, 6.07) is 7.47. The fourth-order valence-corrected chi connectivity index (χ4v) is 4.54. The molecule has 180 valence electrons. The first-order valence-corrected chi connectivity index (χ1v) is 11.1. The number of carbonyl (C=O) groups excluding carboxylic acids is 1. The number of pyridine rings is 2. The summed E-state index contributed by atoms with van der Waals surface area (Å²) in [5.41, 5.74) is -0.196. The summed E-state index contributed by atoms with van der Waals surface area (Å²) in [4.78, 5) is 31.7. The molecule has 2 aromatic heterocycles. The Morgan fingerprint density at radius 1 is 1.17 bits per heavy atom. The van der Waals surface area contributed by atoms with Gasteiger partial charge in [0.25, 0.3) is 5.91 Å². The van der Waals surface area contributed by atoms with Crippen LogP contribution in [-0.4, -0.2) is 44.9 Å². The molecular weight excluding hydrogens is 458 g/mol. The molecular formula is C25H22F2N4O4. The van der Waals surface area contributed by atoms with Gasteiger partial charge in [-0.1, -0.05) is 19.1 Å². The number of nitrogens with zero attached hydrogens (tertiary/aromatic N) is 4. The molecule has 3 aromatic rings. The molecule has 0 spiro atoms. The maximum absolute atomic E-state index is 15.0. The molecule has 0 saturated heterocycles. The van der Waals surface area contributed by atoms with Crippen molar-refractivity contribution in [3.8, 4) is 11.5 Å². The van der Waals surface area contributed by atoms with Crippen LogP contribution in [0.3, 0.4) is 0 Å². The normalized spacial score (nSPS) is 20.4. The topological polar surface area (TPSA) is 87.9 Å². The van der Waals surface area contributed by atoms with E-state index in [1.54, 1.807) is 41.6 Å². The molecule has 8 nitrogen and oxygen atoms in total. The molecule has 2 aliphatic rings. The third-order valence-corrected chi connectivity index (χ3v) is 6.23. The van der Waals surface area contributed by atoms with Crippen LogP contribution in [0, 0.1) is 11.6 Å². The Labute approximate surface area is 199 Å². The highest BCUT2D eigenvalue weighted by atomic mass is 19.2. The van der Waals surface area contributed by atoms with E-state index in [4.69, 9.17) is 4.74 Å². The second-order valence-electron chi connectivity index (χ2n) is 8.23. The SMILES string of the molecule is CC[C@@H]1/C=C\COc2c(ccc(F)c2F)[C@@H](c2ccccn2)N2CN1C(=O)c1c(O)c(=O)ccn12. The zero-order valence-corrected chi connectivity index (χ0v) is 18.8. The zero-order valence-electron chi connectivity index (χ0n) is 18.8. The summed E-state index contributed by atoms with van der Waals surface area (Å²) >= 11 is 0. The quantitative estimate of drug-likeness (QED) is 0.568. The van der Waals surface area contributed by atoms with E-state index in [9.17, 15) is 19.1 Å². The molecule has 10 heteroatoms. The second kappa shape index (κ2) is 8.86. The van der Waals surface area contributed by atoms with Crippen molar-refractivity contribution in [2.45, 2.75) is 25.4 Å². The number of fused-ring (bicyclic) bond motifs is 5. The van der Waals surface area contributed by atoms with Gasteiger partial charge in [-0.3, -0.25) is 24.3 Å². The largest absolute Gasteiger partial charge is 0.502 e. The van der Waals surface area contributed by atoms with Gasteiger partial charge in [-0.05, 0) is 36.8 Å². The summed E-state index contributed by atoms with van der Waals surface area (Å²) in [5, 5.41) is 12.3. The lowest BCUT2D eigenvalue weighted by molar-refractivity contribution is 0.0625. The standard InChI is InChI=1S/C25H22F2N4O4/c1-2-15-6-5-13-35-24-16(8-9-17(26)20(24)27)21(18-7-3-4-11-28-18)31-14-29(15)25(34)22-23(33)19(32)10-12-30(22)31/h3-12,15,21,33H,2,13-14H2,1H3/b6-5-/t15-,21+/m1/s1. The number of halogens is 2. The van der Waals surface area contributed by atoms with Gasteiger partial charge in [0, 0.05) is 24.0 Å². The molecule has 4 heterocycles. The van der Waals surface area contributed by atoms with Crippen LogP contribution in [0.5, 0.6) is 11.5 Å². The van der Waals surface area contributed by atoms with Crippen molar-refractivity contribution in [3.05, 3.63) is 99.8 Å². The number of rotatable bonds is 2. The predicted octanol–water partition coefficient (Wildman–Crippen LogP) is 3.10. The van der Waals surface area contributed by atoms with Gasteiger partial charge >= 0.3 is 0 Å². The van der Waals surface area contributed by atoms with Crippen LogP contribution >= 0.6 is 0 Å². The van der Waals surface area contributed by atoms with Gasteiger partial charge in [0.2, 0.25) is 11.2 Å². The van der Waals surface area contributed by atoms with Crippen LogP contribution in [0.2, 0.25) is 0 Å². The third-order valence-electron chi connectivity index (χ3n) is 6.23. The van der Waals surface area contributed by atoms with Crippen molar-refractivity contribution in [2.24, 2.45) is 0 Å². The minimum absolute atomic E-state index is 0.0106. The summed E-state index contributed by atoms with van der Waals surface area (Å²) < 4.78 is 36.4. The van der Waals surface area contributed by atoms with Gasteiger partial charge in [-0.15, -0.1) is 0 Å². The lowest BCUT2D eigenvalue weighted by Gasteiger charge is -2.45. The van der Waals surface area contributed by atoms with Gasteiger partial charge in [0.1, 0.15) is 19.3 Å². The van der Waals surface area contributed by atoms with Crippen molar-refractivity contribution in [1.82, 2.24) is 14.6 Å². The Balaban J connectivity index is 1.84. The molecule has 1 N–H and O–H groups in total. The fourth-order valence-electron chi connectivity index (χ4n) is 4.54. The lowest BCUT2D eigenvalue weighted by atomic mass is 10.00. The van der Waals surface area contributed by atoms with Crippen LogP contribution in [0.4, 0.5) is 8.78 Å². The van der Waals surface area contributed by atoms with E-state index in [0.717, 1.165) is 12.1 Å². The van der Waals surface area contributed by atoms with Crippen molar-refractivity contribution in [1.29, 1.82) is 0 Å². The number of aromatic hydroxyl groups is 1. The van der Waals surface area contributed by atoms with E-state index in [0.29, 0.717) is 12.1 Å². The van der Waals surface area contributed by atoms with E-state index >= 15 is 4.39 Å². The Hall–Kier alpha value is -4.21. The third kappa shape index (κ3) is 3.71. The van der Waals surface area contributed by atoms with E-state index in [-0.39, 0.29) is 30.3 Å². The van der Waals surface area contributed by atoms with E-state index in [1.807, 2.05) is 6.92 Å². The molecule has 2 aliphatic heterocycles. The van der Waals surface area contributed by atoms with Gasteiger partial charge in [-0.25, -0.2) is 4.39 Å². The number of hydrogen-bond acceptors (Lipinski definition) is 6. The Morgan fingerprint density at radius 2 is 2.00 bits per heavy atom. The van der Waals surface area contributed by atoms with Crippen LogP contribution < -0.4 is 15.2 Å². The minimum Gasteiger partial charge on any atom is -0.502 e. The summed E-state index contributed by atoms with van der Waals surface area (Å²) in [5.74, 6) is -3.71. The molecule has 0 radical (unpaired) electrons. The number of amides is 1. The average Bonchev–Trinajstić information content (AvgIpc) is 2.89. The Kier molecular flexibility index (Phi) is 5.72. The van der Waals surface area contributed by atoms with E-state index < -0.39 is 40.8 Å². The van der Waals surface area contributed by atoms with Crippen LogP contribution in [0.15, 0.2) is 65.7 Å². The van der Waals surface area contributed by atoms with Crippen molar-refractivity contribution < 1.29 is 23.4 Å². The predicted molar refractivity (Wildman–Crippen MR) is 123 cm³/mol. The van der Waals surface area contributed by atoms with Crippen molar-refractivity contribution in [3.63, 3.8) is 0 Å². The van der Waals surface area contributed by atoms with Crippen molar-refractivity contribution >= 4 is 5.91 Å². The highest BCUT2D eigenvalue weighted by Crippen LogP contribution is 2.38. The molecule has 35 heavy (non-hydrogen) atoms. The molecule has 1 amide bonds. The number of benzene rings is 1. The fraction of sp³-hybridized carbons (Fsp3) is 0.240. The van der Waals surface area contributed by atoms with Crippen LogP contribution in [0.1, 0.15) is 41.1 Å². The maximum atomic E-state index is 15.0. The molecule has 2 bridgehead atoms. The molecule has 0 unspecified atom stereocenters. The number of ether oxygens (including phenoxy) is 1. The molecule has 0 saturated carbocycles. The molecule has 2 atom stereocenters. The molecule has 1 aromatic carbocycles. The Morgan fingerprint density at radius 3 is 2.74 bits per heavy atom. The minimum atomic E-state index is -1.14. The smallest absolute Gasteiger partial charge is 0.278 e. The summed E-state index contributed by atoms with van der Waals surface area (Å²) in [6.45, 7) is 1.84. The maximum Gasteiger partial charge on any atom is 0.278 e. The summed E-state index contributed by atoms with van der Waals surface area (Å²) in [6.07, 6.45) is 6.83. The number of carbonyl (C=O) groups is 1.